The molecular formula is C10H10N2OS. The van der Waals surface area contributed by atoms with Gasteiger partial charge in [0.15, 0.2) is 0 Å². The van der Waals surface area contributed by atoms with Gasteiger partial charge in [0, 0.05) is 5.69 Å². The molecule has 2 aromatic rings. The molecule has 0 radical (unpaired) electrons. The number of aromatic nitrogens is 1. The van der Waals surface area contributed by atoms with Gasteiger partial charge in [0.1, 0.15) is 0 Å². The first kappa shape index (κ1) is 8.20. The lowest BCUT2D eigenvalue weighted by molar-refractivity contribution is 0.0211. The highest BCUT2D eigenvalue weighted by Crippen LogP contribution is 2.22. The SMILES string of the molecule is c1nc2cc(NC3COC3)ccc2s1. The average molecular weight is 206 g/mol. The predicted octanol–water partition coefficient (Wildman–Crippen LogP) is 2.11. The second-order valence-corrected chi connectivity index (χ2v) is 4.30. The molecule has 1 aromatic heterocycles. The molecule has 1 aromatic carbocycles. The van der Waals surface area contributed by atoms with E-state index in [0.29, 0.717) is 6.04 Å². The van der Waals surface area contributed by atoms with Gasteiger partial charge in [-0.05, 0) is 18.2 Å². The summed E-state index contributed by atoms with van der Waals surface area (Å²) in [5.74, 6) is 0. The molecule has 0 atom stereocenters. The maximum atomic E-state index is 5.10. The second-order valence-electron chi connectivity index (χ2n) is 3.41. The predicted molar refractivity (Wildman–Crippen MR) is 57.8 cm³/mol. The standard InChI is InChI=1S/C10H10N2OS/c1-2-10-9(11-6-14-10)3-7(1)12-8-4-13-5-8/h1-3,6,8,12H,4-5H2. The fourth-order valence-electron chi connectivity index (χ4n) is 1.50. The number of nitrogens with zero attached hydrogens (tertiary/aromatic N) is 1. The van der Waals surface area contributed by atoms with E-state index in [9.17, 15) is 0 Å². The van der Waals surface area contributed by atoms with Crippen molar-refractivity contribution in [3.63, 3.8) is 0 Å². The van der Waals surface area contributed by atoms with Crippen LogP contribution in [0.5, 0.6) is 0 Å². The molecular weight excluding hydrogens is 196 g/mol. The van der Waals surface area contributed by atoms with E-state index in [1.54, 1.807) is 11.3 Å². The summed E-state index contributed by atoms with van der Waals surface area (Å²) in [7, 11) is 0. The van der Waals surface area contributed by atoms with Crippen LogP contribution in [0.3, 0.4) is 0 Å². The molecule has 3 nitrogen and oxygen atoms in total. The van der Waals surface area contributed by atoms with Gasteiger partial charge in [-0.25, -0.2) is 4.98 Å². The third-order valence-corrected chi connectivity index (χ3v) is 3.15. The van der Waals surface area contributed by atoms with Gasteiger partial charge in [0.05, 0.1) is 35.0 Å². The van der Waals surface area contributed by atoms with Crippen molar-refractivity contribution in [2.75, 3.05) is 18.5 Å². The Kier molecular flexibility index (Phi) is 1.89. The van der Waals surface area contributed by atoms with Gasteiger partial charge in [-0.1, -0.05) is 0 Å². The Morgan fingerprint density at radius 2 is 2.36 bits per heavy atom. The van der Waals surface area contributed by atoms with Crippen LogP contribution in [-0.2, 0) is 4.74 Å². The first-order chi connectivity index (χ1) is 6.92. The van der Waals surface area contributed by atoms with Gasteiger partial charge in [-0.15, -0.1) is 11.3 Å². The Balaban J connectivity index is 1.88. The Morgan fingerprint density at radius 1 is 1.43 bits per heavy atom. The van der Waals surface area contributed by atoms with Crippen LogP contribution in [0, 0.1) is 0 Å². The summed E-state index contributed by atoms with van der Waals surface area (Å²) >= 11 is 1.67. The van der Waals surface area contributed by atoms with Crippen molar-refractivity contribution in [2.45, 2.75) is 6.04 Å². The quantitative estimate of drug-likeness (QED) is 0.817. The first-order valence-electron chi connectivity index (χ1n) is 4.59. The van der Waals surface area contributed by atoms with Crippen LogP contribution in [-0.4, -0.2) is 24.2 Å². The molecule has 1 aliphatic rings. The molecule has 1 fully saturated rings. The normalized spacial score (nSPS) is 16.9. The lowest BCUT2D eigenvalue weighted by Crippen LogP contribution is -2.40. The maximum Gasteiger partial charge on any atom is 0.0832 e. The maximum absolute atomic E-state index is 5.10. The van der Waals surface area contributed by atoms with Crippen molar-refractivity contribution in [1.82, 2.24) is 4.98 Å². The van der Waals surface area contributed by atoms with E-state index in [2.05, 4.69) is 28.5 Å². The Bertz CT molecular complexity index is 450. The van der Waals surface area contributed by atoms with Crippen molar-refractivity contribution < 1.29 is 4.74 Å². The zero-order valence-electron chi connectivity index (χ0n) is 7.56. The molecule has 4 heteroatoms. The lowest BCUT2D eigenvalue weighted by atomic mass is 10.2. The van der Waals surface area contributed by atoms with Crippen LogP contribution in [0.1, 0.15) is 0 Å². The molecule has 1 saturated heterocycles. The van der Waals surface area contributed by atoms with E-state index in [1.807, 2.05) is 5.51 Å². The number of hydrogen-bond acceptors (Lipinski definition) is 4. The summed E-state index contributed by atoms with van der Waals surface area (Å²) in [5, 5.41) is 3.40. The summed E-state index contributed by atoms with van der Waals surface area (Å²) in [6.07, 6.45) is 0. The van der Waals surface area contributed by atoms with E-state index in [4.69, 9.17) is 4.74 Å². The van der Waals surface area contributed by atoms with Crippen LogP contribution < -0.4 is 5.32 Å². The topological polar surface area (TPSA) is 34.2 Å². The highest BCUT2D eigenvalue weighted by atomic mass is 32.1. The molecule has 0 unspecified atom stereocenters. The Hall–Kier alpha value is -1.13. The number of fused-ring (bicyclic) bond motifs is 1. The van der Waals surface area contributed by atoms with Crippen LogP contribution in [0.2, 0.25) is 0 Å². The van der Waals surface area contributed by atoms with Gasteiger partial charge in [0.25, 0.3) is 0 Å². The summed E-state index contributed by atoms with van der Waals surface area (Å²) in [4.78, 5) is 4.28. The first-order valence-corrected chi connectivity index (χ1v) is 5.47. The number of anilines is 1. The minimum Gasteiger partial charge on any atom is -0.378 e. The number of ether oxygens (including phenoxy) is 1. The highest BCUT2D eigenvalue weighted by Gasteiger charge is 2.17. The van der Waals surface area contributed by atoms with Crippen molar-refractivity contribution in [1.29, 1.82) is 0 Å². The average Bonchev–Trinajstić information content (AvgIpc) is 2.58. The minimum atomic E-state index is 0.478. The van der Waals surface area contributed by atoms with Gasteiger partial charge < -0.3 is 10.1 Å². The zero-order chi connectivity index (χ0) is 9.38. The molecule has 0 aliphatic carbocycles. The molecule has 0 saturated carbocycles. The van der Waals surface area contributed by atoms with E-state index >= 15 is 0 Å². The van der Waals surface area contributed by atoms with E-state index in [0.717, 1.165) is 24.4 Å². The van der Waals surface area contributed by atoms with Crippen molar-refractivity contribution in [3.8, 4) is 0 Å². The lowest BCUT2D eigenvalue weighted by Gasteiger charge is -2.27. The van der Waals surface area contributed by atoms with E-state index < -0.39 is 0 Å². The fourth-order valence-corrected chi connectivity index (χ4v) is 2.16. The number of benzene rings is 1. The molecule has 72 valence electrons. The molecule has 14 heavy (non-hydrogen) atoms. The smallest absolute Gasteiger partial charge is 0.0832 e. The minimum absolute atomic E-state index is 0.478. The van der Waals surface area contributed by atoms with Gasteiger partial charge >= 0.3 is 0 Å². The van der Waals surface area contributed by atoms with Crippen LogP contribution in [0.15, 0.2) is 23.7 Å². The van der Waals surface area contributed by atoms with Gasteiger partial charge in [0.2, 0.25) is 0 Å². The number of rotatable bonds is 2. The molecule has 1 N–H and O–H groups in total. The number of thiazole rings is 1. The Morgan fingerprint density at radius 3 is 3.14 bits per heavy atom. The van der Waals surface area contributed by atoms with Crippen LogP contribution >= 0.6 is 11.3 Å². The van der Waals surface area contributed by atoms with E-state index in [1.165, 1.54) is 4.70 Å². The van der Waals surface area contributed by atoms with Crippen molar-refractivity contribution >= 4 is 27.2 Å². The third kappa shape index (κ3) is 1.36. The molecule has 1 aliphatic heterocycles. The molecule has 0 bridgehead atoms. The summed E-state index contributed by atoms with van der Waals surface area (Å²) in [6, 6.07) is 6.77. The van der Waals surface area contributed by atoms with Crippen molar-refractivity contribution in [3.05, 3.63) is 23.7 Å². The fraction of sp³-hybridized carbons (Fsp3) is 0.300. The van der Waals surface area contributed by atoms with Gasteiger partial charge in [-0.3, -0.25) is 0 Å². The molecule has 0 spiro atoms. The second kappa shape index (κ2) is 3.22. The largest absolute Gasteiger partial charge is 0.378 e. The van der Waals surface area contributed by atoms with E-state index in [-0.39, 0.29) is 0 Å². The van der Waals surface area contributed by atoms with Gasteiger partial charge in [-0.2, -0.15) is 0 Å². The van der Waals surface area contributed by atoms with Crippen molar-refractivity contribution in [2.24, 2.45) is 0 Å². The molecule has 2 heterocycles. The summed E-state index contributed by atoms with van der Waals surface area (Å²) in [6.45, 7) is 1.63. The van der Waals surface area contributed by atoms with Crippen LogP contribution in [0.4, 0.5) is 5.69 Å². The monoisotopic (exact) mass is 206 g/mol. The number of nitrogens with one attached hydrogen (secondary N) is 1. The molecule has 0 amide bonds. The summed E-state index contributed by atoms with van der Waals surface area (Å²) in [5.41, 5.74) is 4.08. The highest BCUT2D eigenvalue weighted by molar-refractivity contribution is 7.16. The van der Waals surface area contributed by atoms with Crippen LogP contribution in [0.25, 0.3) is 10.2 Å². The third-order valence-electron chi connectivity index (χ3n) is 2.34. The summed E-state index contributed by atoms with van der Waals surface area (Å²) < 4.78 is 6.34. The number of hydrogen-bond donors (Lipinski definition) is 1. The molecule has 3 rings (SSSR count). The zero-order valence-corrected chi connectivity index (χ0v) is 8.38. The Labute approximate surface area is 85.7 Å².